The molecule has 2 aromatic heterocycles. The molecule has 0 atom stereocenters. The summed E-state index contributed by atoms with van der Waals surface area (Å²) in [4.78, 5) is 19.9. The van der Waals surface area contributed by atoms with E-state index in [-0.39, 0.29) is 11.8 Å². The highest BCUT2D eigenvalue weighted by molar-refractivity contribution is 6.30. The number of rotatable bonds is 4. The van der Waals surface area contributed by atoms with Gasteiger partial charge in [-0.1, -0.05) is 35.9 Å². The molecule has 0 aliphatic carbocycles. The van der Waals surface area contributed by atoms with Crippen LogP contribution in [0.3, 0.4) is 0 Å². The van der Waals surface area contributed by atoms with E-state index in [0.29, 0.717) is 11.6 Å². The van der Waals surface area contributed by atoms with Gasteiger partial charge in [-0.25, -0.2) is 4.98 Å². The molecule has 5 nitrogen and oxygen atoms in total. The molecule has 6 heteroatoms. The lowest BCUT2D eigenvalue weighted by molar-refractivity contribution is -0.125. The van der Waals surface area contributed by atoms with Gasteiger partial charge in [-0.15, -0.1) is 0 Å². The minimum Gasteiger partial charge on any atom is -0.355 e. The highest BCUT2D eigenvalue weighted by atomic mass is 35.5. The molecule has 1 amide bonds. The van der Waals surface area contributed by atoms with Crippen molar-refractivity contribution in [3.8, 4) is 0 Å². The number of piperidine rings is 1. The molecule has 0 radical (unpaired) electrons. The Morgan fingerprint density at radius 3 is 2.53 bits per heavy atom. The average molecular weight is 419 g/mol. The van der Waals surface area contributed by atoms with Crippen LogP contribution in [0.5, 0.6) is 0 Å². The molecule has 1 aliphatic heterocycles. The summed E-state index contributed by atoms with van der Waals surface area (Å²) in [7, 11) is 0. The lowest BCUT2D eigenvalue weighted by Crippen LogP contribution is -2.40. The molecular formula is C24H23ClN4O. The van der Waals surface area contributed by atoms with E-state index in [9.17, 15) is 4.79 Å². The summed E-state index contributed by atoms with van der Waals surface area (Å²) >= 11 is 5.92. The van der Waals surface area contributed by atoms with Gasteiger partial charge in [0.25, 0.3) is 0 Å². The first-order valence-electron chi connectivity index (χ1n) is 10.3. The third-order valence-corrected chi connectivity index (χ3v) is 6.14. The zero-order valence-corrected chi connectivity index (χ0v) is 17.3. The van der Waals surface area contributed by atoms with Gasteiger partial charge in [-0.05, 0) is 54.8 Å². The average Bonchev–Trinajstić information content (AvgIpc) is 3.28. The minimum absolute atomic E-state index is 0.0387. The van der Waals surface area contributed by atoms with Crippen molar-refractivity contribution < 1.29 is 4.79 Å². The first-order valence-corrected chi connectivity index (χ1v) is 10.7. The van der Waals surface area contributed by atoms with Crippen LogP contribution in [0.25, 0.3) is 16.6 Å². The Morgan fingerprint density at radius 1 is 1.00 bits per heavy atom. The van der Waals surface area contributed by atoms with Crippen molar-refractivity contribution in [3.05, 3.63) is 77.4 Å². The summed E-state index contributed by atoms with van der Waals surface area (Å²) in [5.41, 5.74) is 4.26. The molecule has 152 valence electrons. The lowest BCUT2D eigenvalue weighted by Gasteiger charge is -2.32. The molecule has 30 heavy (non-hydrogen) atoms. The van der Waals surface area contributed by atoms with E-state index in [4.69, 9.17) is 16.6 Å². The van der Waals surface area contributed by atoms with E-state index < -0.39 is 0 Å². The molecule has 3 heterocycles. The second-order valence-corrected chi connectivity index (χ2v) is 8.23. The first-order chi connectivity index (χ1) is 14.7. The van der Waals surface area contributed by atoms with Crippen LogP contribution in [0.4, 0.5) is 5.82 Å². The Balaban J connectivity index is 1.27. The number of amides is 1. The van der Waals surface area contributed by atoms with E-state index in [2.05, 4.69) is 45.1 Å². The summed E-state index contributed by atoms with van der Waals surface area (Å²) in [5, 5.41) is 3.78. The smallest absolute Gasteiger partial charge is 0.223 e. The van der Waals surface area contributed by atoms with Gasteiger partial charge in [-0.3, -0.25) is 4.79 Å². The molecule has 0 unspecified atom stereocenters. The van der Waals surface area contributed by atoms with Crippen LogP contribution in [0.1, 0.15) is 18.4 Å². The van der Waals surface area contributed by atoms with Crippen molar-refractivity contribution in [2.45, 2.75) is 19.4 Å². The second kappa shape index (κ2) is 8.00. The Bertz CT molecular complexity index is 1190. The van der Waals surface area contributed by atoms with Crippen LogP contribution >= 0.6 is 11.6 Å². The maximum Gasteiger partial charge on any atom is 0.223 e. The molecule has 0 spiro atoms. The number of aromatic nitrogens is 2. The molecule has 2 aromatic carbocycles. The molecule has 1 aliphatic rings. The van der Waals surface area contributed by atoms with Gasteiger partial charge in [0, 0.05) is 36.8 Å². The fourth-order valence-electron chi connectivity index (χ4n) is 4.23. The summed E-state index contributed by atoms with van der Waals surface area (Å²) in [6.07, 6.45) is 3.74. The third kappa shape index (κ3) is 3.61. The molecule has 0 bridgehead atoms. The number of hydrogen-bond acceptors (Lipinski definition) is 3. The quantitative estimate of drug-likeness (QED) is 0.523. The number of carbonyl (C=O) groups is 1. The fraction of sp³-hybridized carbons (Fsp3) is 0.250. The Kier molecular flexibility index (Phi) is 5.05. The van der Waals surface area contributed by atoms with Gasteiger partial charge in [0.1, 0.15) is 0 Å². The molecule has 0 saturated carbocycles. The van der Waals surface area contributed by atoms with Crippen molar-refractivity contribution >= 4 is 39.9 Å². The first kappa shape index (κ1) is 18.9. The van der Waals surface area contributed by atoms with Crippen molar-refractivity contribution in [2.75, 3.05) is 18.0 Å². The van der Waals surface area contributed by atoms with Gasteiger partial charge in [0.2, 0.25) is 5.91 Å². The number of nitrogens with zero attached hydrogens (tertiary/aromatic N) is 3. The number of halogens is 1. The highest BCUT2D eigenvalue weighted by Crippen LogP contribution is 2.29. The minimum atomic E-state index is 0.0387. The Labute approximate surface area is 180 Å². The predicted molar refractivity (Wildman–Crippen MR) is 121 cm³/mol. The lowest BCUT2D eigenvalue weighted by atomic mass is 9.95. The van der Waals surface area contributed by atoms with Crippen LogP contribution < -0.4 is 10.2 Å². The van der Waals surface area contributed by atoms with Crippen LogP contribution in [0.15, 0.2) is 66.9 Å². The molecule has 1 N–H and O–H groups in total. The van der Waals surface area contributed by atoms with Gasteiger partial charge >= 0.3 is 0 Å². The van der Waals surface area contributed by atoms with Crippen molar-refractivity contribution in [1.82, 2.24) is 14.7 Å². The number of hydrogen-bond donors (Lipinski definition) is 1. The van der Waals surface area contributed by atoms with E-state index in [1.54, 1.807) is 0 Å². The predicted octanol–water partition coefficient (Wildman–Crippen LogP) is 4.67. The molecule has 1 fully saturated rings. The number of carbonyl (C=O) groups excluding carboxylic acids is 1. The largest absolute Gasteiger partial charge is 0.355 e. The van der Waals surface area contributed by atoms with E-state index in [0.717, 1.165) is 53.9 Å². The summed E-state index contributed by atoms with van der Waals surface area (Å²) < 4.78 is 2.20. The van der Waals surface area contributed by atoms with Crippen molar-refractivity contribution in [3.63, 3.8) is 0 Å². The SMILES string of the molecule is O=C(NCc1ccc(Cl)cc1)C1CCN(c2nc3ccccc3n3cccc23)CC1. The summed E-state index contributed by atoms with van der Waals surface area (Å²) in [6.45, 7) is 2.18. The van der Waals surface area contributed by atoms with Gasteiger partial charge in [0.05, 0.1) is 16.6 Å². The zero-order valence-electron chi connectivity index (χ0n) is 16.6. The molecule has 4 aromatic rings. The topological polar surface area (TPSA) is 49.6 Å². The van der Waals surface area contributed by atoms with Crippen molar-refractivity contribution in [2.24, 2.45) is 5.92 Å². The third-order valence-electron chi connectivity index (χ3n) is 5.89. The van der Waals surface area contributed by atoms with Crippen LogP contribution in [0.2, 0.25) is 5.02 Å². The monoisotopic (exact) mass is 418 g/mol. The van der Waals surface area contributed by atoms with Gasteiger partial charge in [0.15, 0.2) is 5.82 Å². The fourth-order valence-corrected chi connectivity index (χ4v) is 4.35. The van der Waals surface area contributed by atoms with E-state index in [1.165, 1.54) is 0 Å². The van der Waals surface area contributed by atoms with Crippen LogP contribution in [0, 0.1) is 5.92 Å². The number of anilines is 1. The number of para-hydroxylation sites is 2. The van der Waals surface area contributed by atoms with Crippen LogP contribution in [-0.2, 0) is 11.3 Å². The number of benzene rings is 2. The van der Waals surface area contributed by atoms with Gasteiger partial charge < -0.3 is 14.6 Å². The molecular weight excluding hydrogens is 396 g/mol. The standard InChI is InChI=1S/C24H23ClN4O/c25-19-9-7-17(8-10-19)16-26-24(30)18-11-14-28(15-12-18)23-22-6-3-13-29(22)21-5-2-1-4-20(21)27-23/h1-10,13,18H,11-12,14-16H2,(H,26,30). The second-order valence-electron chi connectivity index (χ2n) is 7.79. The number of fused-ring (bicyclic) bond motifs is 3. The number of nitrogens with one attached hydrogen (secondary N) is 1. The Hall–Kier alpha value is -3.05. The maximum absolute atomic E-state index is 12.7. The summed E-state index contributed by atoms with van der Waals surface area (Å²) in [5.74, 6) is 1.17. The maximum atomic E-state index is 12.7. The Morgan fingerprint density at radius 2 is 1.73 bits per heavy atom. The molecule has 1 saturated heterocycles. The van der Waals surface area contributed by atoms with E-state index in [1.807, 2.05) is 36.4 Å². The van der Waals surface area contributed by atoms with Crippen molar-refractivity contribution in [1.29, 1.82) is 0 Å². The zero-order chi connectivity index (χ0) is 20.5. The van der Waals surface area contributed by atoms with Crippen LogP contribution in [-0.4, -0.2) is 28.4 Å². The summed E-state index contributed by atoms with van der Waals surface area (Å²) in [6, 6.07) is 20.0. The molecule has 5 rings (SSSR count). The highest BCUT2D eigenvalue weighted by Gasteiger charge is 2.26. The van der Waals surface area contributed by atoms with E-state index >= 15 is 0 Å². The normalized spacial score (nSPS) is 15.0. The van der Waals surface area contributed by atoms with Gasteiger partial charge in [-0.2, -0.15) is 0 Å².